The van der Waals surface area contributed by atoms with Crippen molar-refractivity contribution >= 4 is 51.8 Å². The number of likely N-dealkylation sites (tertiary alicyclic amines) is 1. The van der Waals surface area contributed by atoms with Gasteiger partial charge in [0.25, 0.3) is 11.5 Å². The van der Waals surface area contributed by atoms with Crippen molar-refractivity contribution in [1.29, 1.82) is 0 Å². The van der Waals surface area contributed by atoms with Crippen molar-refractivity contribution in [2.24, 2.45) is 5.41 Å². The molecular formula is C50H57N11O5. The summed E-state index contributed by atoms with van der Waals surface area (Å²) in [7, 11) is 0. The minimum atomic E-state index is -1.12. The summed E-state index contributed by atoms with van der Waals surface area (Å²) in [6, 6.07) is 20.1. The molecule has 0 saturated carbocycles. The third-order valence-electron chi connectivity index (χ3n) is 15.5. The minimum Gasteiger partial charge on any atom is -0.384 e. The maximum absolute atomic E-state index is 13.6. The highest BCUT2D eigenvalue weighted by atomic mass is 16.3. The van der Waals surface area contributed by atoms with Gasteiger partial charge in [-0.1, -0.05) is 24.3 Å². The predicted octanol–water partition coefficient (Wildman–Crippen LogP) is 5.39. The lowest BCUT2D eigenvalue weighted by Gasteiger charge is -2.50. The fourth-order valence-corrected chi connectivity index (χ4v) is 11.3. The Bertz CT molecular complexity index is 2790. The molecule has 66 heavy (non-hydrogen) atoms. The van der Waals surface area contributed by atoms with Crippen molar-refractivity contribution < 1.29 is 19.5 Å². The van der Waals surface area contributed by atoms with Crippen molar-refractivity contribution in [2.45, 2.75) is 102 Å². The SMILES string of the molecule is C[C@@]1(O)CC/C=C\Cn2c(=O)c3cnc(Nc4ccc(N5CCC(N6CCC7(CCN(c8ccc9c(c8)C(=O)N(C8CCC(=O)NC8=O)C9)CC7)CC6)CC5)cc4)nc3n2-c2cccc1n2. The van der Waals surface area contributed by atoms with Crippen LogP contribution in [-0.2, 0) is 28.3 Å². The van der Waals surface area contributed by atoms with Crippen LogP contribution in [0.2, 0.25) is 0 Å². The van der Waals surface area contributed by atoms with E-state index in [9.17, 15) is 24.3 Å². The van der Waals surface area contributed by atoms with Crippen LogP contribution < -0.4 is 26.0 Å². The van der Waals surface area contributed by atoms with Gasteiger partial charge in [0, 0.05) is 74.0 Å². The molecule has 3 aromatic heterocycles. The van der Waals surface area contributed by atoms with Gasteiger partial charge in [0.1, 0.15) is 17.0 Å². The number of nitrogens with one attached hydrogen (secondary N) is 2. The van der Waals surface area contributed by atoms with Gasteiger partial charge >= 0.3 is 0 Å². The van der Waals surface area contributed by atoms with Gasteiger partial charge in [-0.15, -0.1) is 0 Å². The van der Waals surface area contributed by atoms with Gasteiger partial charge in [0.15, 0.2) is 11.5 Å². The Morgan fingerprint density at radius 2 is 1.55 bits per heavy atom. The second kappa shape index (κ2) is 16.8. The van der Waals surface area contributed by atoms with E-state index in [1.54, 1.807) is 27.4 Å². The second-order valence-electron chi connectivity index (χ2n) is 19.4. The molecule has 0 aliphatic carbocycles. The molecule has 1 unspecified atom stereocenters. The molecule has 16 heteroatoms. The molecule has 5 aromatic rings. The number of allylic oxidation sites excluding steroid dienone is 2. The van der Waals surface area contributed by atoms with Crippen LogP contribution >= 0.6 is 0 Å². The number of hydrogen-bond acceptors (Lipinski definition) is 12. The average molecular weight is 892 g/mol. The summed E-state index contributed by atoms with van der Waals surface area (Å²) < 4.78 is 3.34. The molecule has 342 valence electrons. The summed E-state index contributed by atoms with van der Waals surface area (Å²) in [5, 5.41) is 17.3. The highest BCUT2D eigenvalue weighted by Crippen LogP contribution is 2.44. The number of piperidine rings is 4. The van der Waals surface area contributed by atoms with Crippen molar-refractivity contribution in [1.82, 2.24) is 39.4 Å². The van der Waals surface area contributed by atoms with Crippen LogP contribution in [0, 0.1) is 5.41 Å². The molecule has 2 bridgehead atoms. The first-order valence-corrected chi connectivity index (χ1v) is 23.7. The van der Waals surface area contributed by atoms with Gasteiger partial charge in [0.05, 0.1) is 12.2 Å². The van der Waals surface area contributed by atoms with Crippen LogP contribution in [0.5, 0.6) is 0 Å². The molecule has 3 N–H and O–H groups in total. The van der Waals surface area contributed by atoms with E-state index in [-0.39, 0.29) is 29.7 Å². The third-order valence-corrected chi connectivity index (χ3v) is 15.5. The van der Waals surface area contributed by atoms with E-state index in [0.29, 0.717) is 77.9 Å². The summed E-state index contributed by atoms with van der Waals surface area (Å²) in [4.78, 5) is 74.7. The Balaban J connectivity index is 0.676. The molecule has 3 amide bonds. The van der Waals surface area contributed by atoms with E-state index < -0.39 is 11.6 Å². The molecule has 1 spiro atoms. The van der Waals surface area contributed by atoms with E-state index in [4.69, 9.17) is 9.97 Å². The number of aliphatic hydroxyl groups is 1. The number of rotatable bonds is 6. The number of imide groups is 1. The zero-order valence-electron chi connectivity index (χ0n) is 37.5. The molecule has 0 radical (unpaired) electrons. The lowest BCUT2D eigenvalue weighted by atomic mass is 9.71. The Kier molecular flexibility index (Phi) is 10.8. The Labute approximate surface area is 383 Å². The number of pyridine rings is 1. The van der Waals surface area contributed by atoms with Gasteiger partial charge in [-0.05, 0) is 137 Å². The first-order valence-electron chi connectivity index (χ1n) is 23.7. The van der Waals surface area contributed by atoms with E-state index >= 15 is 0 Å². The Morgan fingerprint density at radius 3 is 2.32 bits per heavy atom. The van der Waals surface area contributed by atoms with Gasteiger partial charge in [-0.25, -0.2) is 19.3 Å². The highest BCUT2D eigenvalue weighted by molar-refractivity contribution is 6.05. The molecule has 4 saturated heterocycles. The number of aromatic nitrogens is 5. The average Bonchev–Trinajstić information content (AvgIpc) is 3.80. The quantitative estimate of drug-likeness (QED) is 0.147. The number of benzene rings is 2. The normalized spacial score (nSPS) is 24.2. The number of amides is 3. The maximum Gasteiger partial charge on any atom is 0.278 e. The van der Waals surface area contributed by atoms with Crippen molar-refractivity contribution in [3.63, 3.8) is 0 Å². The molecule has 6 aliphatic heterocycles. The first-order chi connectivity index (χ1) is 32.0. The summed E-state index contributed by atoms with van der Waals surface area (Å²) in [5.74, 6) is 0.117. The lowest BCUT2D eigenvalue weighted by Crippen LogP contribution is -2.52. The molecule has 11 rings (SSSR count). The summed E-state index contributed by atoms with van der Waals surface area (Å²) in [5.41, 5.74) is 4.78. The second-order valence-corrected chi connectivity index (χ2v) is 19.4. The van der Waals surface area contributed by atoms with Crippen molar-refractivity contribution in [3.05, 3.63) is 106 Å². The van der Waals surface area contributed by atoms with Crippen LogP contribution in [0.1, 0.15) is 92.7 Å². The van der Waals surface area contributed by atoms with Crippen molar-refractivity contribution in [3.8, 4) is 5.82 Å². The van der Waals surface area contributed by atoms with Crippen LogP contribution in [0.15, 0.2) is 83.8 Å². The van der Waals surface area contributed by atoms with Crippen LogP contribution in [0.3, 0.4) is 0 Å². The maximum atomic E-state index is 13.6. The number of carbonyl (C=O) groups excluding carboxylic acids is 3. The zero-order valence-corrected chi connectivity index (χ0v) is 37.5. The predicted molar refractivity (Wildman–Crippen MR) is 251 cm³/mol. The standard InChI is InChI=1S/C50H57N11O5/c1-49(66)18-3-2-4-23-60-47(65)39-31-51-48(55-44(39)61(60)42-7-5-6-41(49)53-42)52-34-9-12-35(13-10-34)56-24-16-36(17-25-56)57-26-19-50(20-27-57)21-28-58(29-22-50)37-11-8-33-32-59(46(64)38(33)30-37)40-14-15-43(62)54-45(40)63/h2,4-13,30-31,36,40,66H,3,14-29,32H2,1H3,(H,51,52,55)(H,54,62,63)/b4-2-/t40?,49-/m1/s1. The van der Waals surface area contributed by atoms with E-state index in [1.165, 1.54) is 18.5 Å². The minimum absolute atomic E-state index is 0.116. The van der Waals surface area contributed by atoms with Gasteiger partial charge in [-0.3, -0.25) is 24.5 Å². The summed E-state index contributed by atoms with van der Waals surface area (Å²) >= 11 is 0. The van der Waals surface area contributed by atoms with E-state index in [0.717, 1.165) is 81.9 Å². The van der Waals surface area contributed by atoms with Crippen LogP contribution in [-0.4, -0.2) is 108 Å². The number of carbonyl (C=O) groups is 3. The topological polar surface area (TPSA) is 174 Å². The van der Waals surface area contributed by atoms with Gasteiger partial charge in [-0.2, -0.15) is 4.98 Å². The van der Waals surface area contributed by atoms with Crippen molar-refractivity contribution in [2.75, 3.05) is 54.4 Å². The number of nitrogens with zero attached hydrogens (tertiary/aromatic N) is 9. The zero-order chi connectivity index (χ0) is 45.2. The van der Waals surface area contributed by atoms with Crippen LogP contribution in [0.4, 0.5) is 23.0 Å². The molecule has 16 nitrogen and oxygen atoms in total. The molecule has 4 fully saturated rings. The van der Waals surface area contributed by atoms with E-state index in [1.807, 2.05) is 42.5 Å². The Hall–Kier alpha value is -6.39. The first kappa shape index (κ1) is 42.3. The molecule has 2 atom stereocenters. The Morgan fingerprint density at radius 1 is 0.803 bits per heavy atom. The summed E-state index contributed by atoms with van der Waals surface area (Å²) in [6.45, 7) is 8.78. The van der Waals surface area contributed by atoms with Crippen LogP contribution in [0.25, 0.3) is 16.9 Å². The fraction of sp³-hybridized carbons (Fsp3) is 0.460. The highest BCUT2D eigenvalue weighted by Gasteiger charge is 2.42. The summed E-state index contributed by atoms with van der Waals surface area (Å²) in [6.07, 6.45) is 14.3. The fourth-order valence-electron chi connectivity index (χ4n) is 11.3. The number of hydrogen-bond donors (Lipinski definition) is 3. The third kappa shape index (κ3) is 7.82. The monoisotopic (exact) mass is 891 g/mol. The van der Waals surface area contributed by atoms with E-state index in [2.05, 4.69) is 60.6 Å². The van der Waals surface area contributed by atoms with Gasteiger partial charge < -0.3 is 30.0 Å². The number of fused-ring (bicyclic) bond motifs is 7. The molecular weight excluding hydrogens is 835 g/mol. The molecule has 6 aliphatic rings. The van der Waals surface area contributed by atoms with Gasteiger partial charge in [0.2, 0.25) is 17.8 Å². The smallest absolute Gasteiger partial charge is 0.278 e. The number of anilines is 4. The molecule has 9 heterocycles. The molecule has 2 aromatic carbocycles. The lowest BCUT2D eigenvalue weighted by molar-refractivity contribution is -0.136. The largest absolute Gasteiger partial charge is 0.384 e.